The molecule has 1 fully saturated rings. The summed E-state index contributed by atoms with van der Waals surface area (Å²) in [6, 6.07) is 14.7. The molecule has 0 bridgehead atoms. The number of para-hydroxylation sites is 2. The second-order valence-corrected chi connectivity index (χ2v) is 8.34. The van der Waals surface area contributed by atoms with Crippen molar-refractivity contribution in [3.05, 3.63) is 59.9 Å². The van der Waals surface area contributed by atoms with E-state index in [-0.39, 0.29) is 11.9 Å². The Morgan fingerprint density at radius 3 is 2.80 bits per heavy atom. The van der Waals surface area contributed by atoms with Crippen LogP contribution in [0, 0.1) is 0 Å². The van der Waals surface area contributed by atoms with Crippen molar-refractivity contribution in [1.82, 2.24) is 19.4 Å². The van der Waals surface area contributed by atoms with E-state index in [2.05, 4.69) is 34.4 Å². The van der Waals surface area contributed by atoms with Crippen molar-refractivity contribution in [2.75, 3.05) is 27.2 Å². The van der Waals surface area contributed by atoms with Crippen LogP contribution in [0.2, 0.25) is 0 Å². The third kappa shape index (κ3) is 3.92. The number of imidazole rings is 1. The molecule has 3 aromatic rings. The third-order valence-electron chi connectivity index (χ3n) is 6.17. The molecular formula is C24H30N4O2. The highest BCUT2D eigenvalue weighted by Crippen LogP contribution is 2.26. The lowest BCUT2D eigenvalue weighted by Gasteiger charge is -2.27. The second kappa shape index (κ2) is 8.48. The number of likely N-dealkylation sites (N-methyl/N-ethyl adjacent to an activating group) is 1. The fraction of sp³-hybridized carbons (Fsp3) is 0.417. The monoisotopic (exact) mass is 406 g/mol. The first kappa shape index (κ1) is 20.4. The van der Waals surface area contributed by atoms with Gasteiger partial charge in [-0.3, -0.25) is 9.69 Å². The molecule has 0 radical (unpaired) electrons. The van der Waals surface area contributed by atoms with E-state index in [9.17, 15) is 4.79 Å². The van der Waals surface area contributed by atoms with Crippen LogP contribution in [-0.4, -0.2) is 64.6 Å². The van der Waals surface area contributed by atoms with Gasteiger partial charge in [0.2, 0.25) is 0 Å². The van der Waals surface area contributed by atoms with Crippen molar-refractivity contribution >= 4 is 16.9 Å². The number of amides is 1. The standard InChI is InChI=1S/C24H30N4O2/c1-17(2)27-12-11-19(15-27)26(3)24(29)20-10-9-18(13-23(20)30-4)14-28-16-25-21-7-5-6-8-22(21)28/h5-10,13,16-17,19H,11-12,14-15H2,1-4H3/t19-/m1/s1. The average Bonchev–Trinajstić information content (AvgIpc) is 3.41. The maximum Gasteiger partial charge on any atom is 0.257 e. The summed E-state index contributed by atoms with van der Waals surface area (Å²) in [5.74, 6) is 0.634. The summed E-state index contributed by atoms with van der Waals surface area (Å²) >= 11 is 0. The highest BCUT2D eigenvalue weighted by atomic mass is 16.5. The maximum absolute atomic E-state index is 13.2. The smallest absolute Gasteiger partial charge is 0.257 e. The summed E-state index contributed by atoms with van der Waals surface area (Å²) in [4.78, 5) is 22.0. The molecule has 4 rings (SSSR count). The van der Waals surface area contributed by atoms with Crippen molar-refractivity contribution in [3.63, 3.8) is 0 Å². The number of ether oxygens (including phenoxy) is 1. The van der Waals surface area contributed by atoms with Crippen LogP contribution >= 0.6 is 0 Å². The summed E-state index contributed by atoms with van der Waals surface area (Å²) in [7, 11) is 3.53. The van der Waals surface area contributed by atoms with E-state index in [4.69, 9.17) is 4.74 Å². The number of rotatable bonds is 6. The molecule has 0 unspecified atom stereocenters. The molecule has 6 heteroatoms. The summed E-state index contributed by atoms with van der Waals surface area (Å²) in [6.45, 7) is 7.04. The molecule has 1 aromatic heterocycles. The van der Waals surface area contributed by atoms with Crippen LogP contribution in [0.25, 0.3) is 11.0 Å². The van der Waals surface area contributed by atoms with Gasteiger partial charge >= 0.3 is 0 Å². The Morgan fingerprint density at radius 2 is 2.07 bits per heavy atom. The fourth-order valence-corrected chi connectivity index (χ4v) is 4.25. The van der Waals surface area contributed by atoms with Gasteiger partial charge in [0.15, 0.2) is 0 Å². The molecular weight excluding hydrogens is 376 g/mol. The summed E-state index contributed by atoms with van der Waals surface area (Å²) in [5.41, 5.74) is 3.75. The van der Waals surface area contributed by atoms with Crippen LogP contribution < -0.4 is 4.74 Å². The molecule has 0 N–H and O–H groups in total. The maximum atomic E-state index is 13.2. The lowest BCUT2D eigenvalue weighted by atomic mass is 10.1. The van der Waals surface area contributed by atoms with Gasteiger partial charge in [0, 0.05) is 38.8 Å². The molecule has 0 spiro atoms. The Bertz CT molecular complexity index is 1040. The first-order valence-electron chi connectivity index (χ1n) is 10.6. The topological polar surface area (TPSA) is 50.6 Å². The third-order valence-corrected chi connectivity index (χ3v) is 6.17. The van der Waals surface area contributed by atoms with Crippen LogP contribution in [0.3, 0.4) is 0 Å². The van der Waals surface area contributed by atoms with E-state index >= 15 is 0 Å². The molecule has 1 saturated heterocycles. The molecule has 158 valence electrons. The first-order chi connectivity index (χ1) is 14.5. The molecule has 0 saturated carbocycles. The molecule has 30 heavy (non-hydrogen) atoms. The van der Waals surface area contributed by atoms with Gasteiger partial charge in [-0.05, 0) is 50.1 Å². The number of likely N-dealkylation sites (tertiary alicyclic amines) is 1. The lowest BCUT2D eigenvalue weighted by molar-refractivity contribution is 0.0729. The molecule has 6 nitrogen and oxygen atoms in total. The van der Waals surface area contributed by atoms with Gasteiger partial charge in [-0.15, -0.1) is 0 Å². The fourth-order valence-electron chi connectivity index (χ4n) is 4.25. The number of hydrogen-bond acceptors (Lipinski definition) is 4. The molecule has 2 heterocycles. The second-order valence-electron chi connectivity index (χ2n) is 8.34. The highest BCUT2D eigenvalue weighted by Gasteiger charge is 2.30. The molecule has 1 atom stereocenters. The molecule has 0 aliphatic carbocycles. The van der Waals surface area contributed by atoms with Crippen molar-refractivity contribution in [2.24, 2.45) is 0 Å². The van der Waals surface area contributed by atoms with Crippen LogP contribution in [0.4, 0.5) is 0 Å². The number of carbonyl (C=O) groups is 1. The van der Waals surface area contributed by atoms with E-state index in [1.54, 1.807) is 7.11 Å². The van der Waals surface area contributed by atoms with Gasteiger partial charge in [0.1, 0.15) is 5.75 Å². The van der Waals surface area contributed by atoms with Crippen LogP contribution in [0.5, 0.6) is 5.75 Å². The zero-order valence-electron chi connectivity index (χ0n) is 18.2. The van der Waals surface area contributed by atoms with Crippen molar-refractivity contribution in [2.45, 2.75) is 38.9 Å². The lowest BCUT2D eigenvalue weighted by Crippen LogP contribution is -2.40. The predicted octanol–water partition coefficient (Wildman–Crippen LogP) is 3.65. The van der Waals surface area contributed by atoms with E-state index in [0.29, 0.717) is 23.9 Å². The molecule has 1 aliphatic rings. The van der Waals surface area contributed by atoms with Crippen molar-refractivity contribution in [3.8, 4) is 5.75 Å². The zero-order chi connectivity index (χ0) is 21.3. The Kier molecular flexibility index (Phi) is 5.77. The average molecular weight is 407 g/mol. The van der Waals surface area contributed by atoms with Crippen molar-refractivity contribution in [1.29, 1.82) is 0 Å². The number of fused-ring (bicyclic) bond motifs is 1. The van der Waals surface area contributed by atoms with E-state index in [1.807, 2.05) is 54.7 Å². The number of hydrogen-bond donors (Lipinski definition) is 0. The quantitative estimate of drug-likeness (QED) is 0.627. The van der Waals surface area contributed by atoms with Gasteiger partial charge in [-0.1, -0.05) is 18.2 Å². The highest BCUT2D eigenvalue weighted by molar-refractivity contribution is 5.97. The van der Waals surface area contributed by atoms with E-state index in [1.165, 1.54) is 0 Å². The minimum atomic E-state index is 0.0158. The van der Waals surface area contributed by atoms with E-state index in [0.717, 1.165) is 36.1 Å². The van der Waals surface area contributed by atoms with Gasteiger partial charge in [0.25, 0.3) is 5.91 Å². The zero-order valence-corrected chi connectivity index (χ0v) is 18.2. The van der Waals surface area contributed by atoms with Crippen LogP contribution in [0.1, 0.15) is 36.2 Å². The number of benzene rings is 2. The van der Waals surface area contributed by atoms with Crippen molar-refractivity contribution < 1.29 is 9.53 Å². The molecule has 2 aromatic carbocycles. The van der Waals surface area contributed by atoms with Gasteiger partial charge in [0.05, 0.1) is 30.0 Å². The normalized spacial score (nSPS) is 17.0. The van der Waals surface area contributed by atoms with Gasteiger partial charge in [-0.25, -0.2) is 4.98 Å². The first-order valence-corrected chi connectivity index (χ1v) is 10.6. The number of carbonyl (C=O) groups excluding carboxylic acids is 1. The Balaban J connectivity index is 1.53. The largest absolute Gasteiger partial charge is 0.496 e. The minimum Gasteiger partial charge on any atom is -0.496 e. The molecule has 1 amide bonds. The summed E-state index contributed by atoms with van der Waals surface area (Å²) in [5, 5.41) is 0. The number of aromatic nitrogens is 2. The van der Waals surface area contributed by atoms with Crippen LogP contribution in [0.15, 0.2) is 48.8 Å². The molecule has 1 aliphatic heterocycles. The SMILES string of the molecule is COc1cc(Cn2cnc3ccccc32)ccc1C(=O)N(C)[C@@H]1CCN(C(C)C)C1. The number of nitrogens with zero attached hydrogens (tertiary/aromatic N) is 4. The van der Waals surface area contributed by atoms with E-state index < -0.39 is 0 Å². The predicted molar refractivity (Wildman–Crippen MR) is 119 cm³/mol. The van der Waals surface area contributed by atoms with Gasteiger partial charge < -0.3 is 14.2 Å². The Morgan fingerprint density at radius 1 is 1.27 bits per heavy atom. The Hall–Kier alpha value is -2.86. The van der Waals surface area contributed by atoms with Gasteiger partial charge in [-0.2, -0.15) is 0 Å². The summed E-state index contributed by atoms with van der Waals surface area (Å²) in [6.07, 6.45) is 2.86. The summed E-state index contributed by atoms with van der Waals surface area (Å²) < 4.78 is 7.71. The Labute approximate surface area is 178 Å². The van der Waals surface area contributed by atoms with Crippen LogP contribution in [-0.2, 0) is 6.54 Å². The minimum absolute atomic E-state index is 0.0158. The number of methoxy groups -OCH3 is 1.